The van der Waals surface area contributed by atoms with E-state index < -0.39 is 17.4 Å². The van der Waals surface area contributed by atoms with Crippen LogP contribution in [-0.4, -0.2) is 52.7 Å². The first kappa shape index (κ1) is 28.4. The Kier molecular flexibility index (Phi) is 8.58. The van der Waals surface area contributed by atoms with E-state index in [0.717, 1.165) is 23.0 Å². The van der Waals surface area contributed by atoms with Crippen molar-refractivity contribution >= 4 is 11.8 Å². The Morgan fingerprint density at radius 1 is 1.05 bits per heavy atom. The molecule has 0 fully saturated rings. The van der Waals surface area contributed by atoms with E-state index in [4.69, 9.17) is 0 Å². The summed E-state index contributed by atoms with van der Waals surface area (Å²) in [5.41, 5.74) is 2.12. The van der Waals surface area contributed by atoms with E-state index in [2.05, 4.69) is 36.1 Å². The topological polar surface area (TPSA) is 148 Å². The van der Waals surface area contributed by atoms with Gasteiger partial charge in [-0.2, -0.15) is 0 Å². The van der Waals surface area contributed by atoms with E-state index >= 15 is 0 Å². The molecule has 4 aromatic rings. The highest BCUT2D eigenvalue weighted by Crippen LogP contribution is 2.21. The fourth-order valence-electron chi connectivity index (χ4n) is 3.91. The van der Waals surface area contributed by atoms with Gasteiger partial charge in [-0.15, -0.1) is 5.10 Å². The van der Waals surface area contributed by atoms with Crippen LogP contribution < -0.4 is 10.6 Å². The molecule has 0 bridgehead atoms. The second kappa shape index (κ2) is 12.1. The predicted molar refractivity (Wildman–Crippen MR) is 144 cm³/mol. The van der Waals surface area contributed by atoms with Crippen molar-refractivity contribution in [1.82, 2.24) is 40.8 Å². The fraction of sp³-hybridized carbons (Fsp3) is 0.321. The number of nitrogens with one attached hydrogen (secondary N) is 2. The normalized spacial score (nSPS) is 12.2. The Labute approximate surface area is 230 Å². The zero-order valence-corrected chi connectivity index (χ0v) is 22.7. The molecule has 40 heavy (non-hydrogen) atoms. The third kappa shape index (κ3) is 7.29. The summed E-state index contributed by atoms with van der Waals surface area (Å²) in [5, 5.41) is 27.5. The molecule has 0 saturated heterocycles. The molecule has 2 aromatic carbocycles. The summed E-state index contributed by atoms with van der Waals surface area (Å²) in [5.74, 6) is -0.676. The van der Waals surface area contributed by atoms with Crippen molar-refractivity contribution in [3.05, 3.63) is 88.8 Å². The molecule has 0 radical (unpaired) electrons. The van der Waals surface area contributed by atoms with Crippen LogP contribution in [0, 0.1) is 12.7 Å². The lowest BCUT2D eigenvalue weighted by Gasteiger charge is -2.17. The molecule has 0 saturated carbocycles. The zero-order valence-electron chi connectivity index (χ0n) is 22.7. The highest BCUT2D eigenvalue weighted by molar-refractivity contribution is 5.97. The maximum absolute atomic E-state index is 13.5. The molecule has 4 rings (SSSR count). The lowest BCUT2D eigenvalue weighted by molar-refractivity contribution is 0.0650. The van der Waals surface area contributed by atoms with E-state index in [1.54, 1.807) is 37.6 Å². The van der Waals surface area contributed by atoms with Crippen molar-refractivity contribution in [3.63, 3.8) is 0 Å². The molecule has 11 nitrogen and oxygen atoms in total. The minimum absolute atomic E-state index is 0.0401. The smallest absolute Gasteiger partial charge is 0.270 e. The molecule has 0 aliphatic heterocycles. The molecule has 2 heterocycles. The number of aromatic nitrogens is 6. The lowest BCUT2D eigenvalue weighted by Crippen LogP contribution is -2.29. The zero-order chi connectivity index (χ0) is 28.9. The number of amides is 2. The Hall–Kier alpha value is -4.58. The van der Waals surface area contributed by atoms with Gasteiger partial charge in [-0.25, -0.2) is 19.0 Å². The summed E-state index contributed by atoms with van der Waals surface area (Å²) in [7, 11) is 0. The monoisotopic (exact) mass is 546 g/mol. The summed E-state index contributed by atoms with van der Waals surface area (Å²) < 4.78 is 15.1. The third-order valence-corrected chi connectivity index (χ3v) is 6.29. The number of carbonyl (C=O) groups excluding carboxylic acids is 2. The first-order valence-electron chi connectivity index (χ1n) is 12.8. The van der Waals surface area contributed by atoms with Crippen molar-refractivity contribution in [2.24, 2.45) is 0 Å². The van der Waals surface area contributed by atoms with E-state index in [1.165, 1.54) is 12.1 Å². The van der Waals surface area contributed by atoms with Gasteiger partial charge in [-0.05, 0) is 67.3 Å². The first-order valence-corrected chi connectivity index (χ1v) is 12.8. The average molecular weight is 547 g/mol. The maximum Gasteiger partial charge on any atom is 0.270 e. The van der Waals surface area contributed by atoms with Gasteiger partial charge in [-0.1, -0.05) is 36.4 Å². The quantitative estimate of drug-likeness (QED) is 0.275. The number of aryl methyl sites for hydroxylation is 2. The molecule has 2 aromatic heterocycles. The van der Waals surface area contributed by atoms with Crippen LogP contribution in [0.5, 0.6) is 0 Å². The number of rotatable bonds is 10. The van der Waals surface area contributed by atoms with E-state index in [9.17, 15) is 19.1 Å². The van der Waals surface area contributed by atoms with Crippen LogP contribution in [0.4, 0.5) is 4.39 Å². The predicted octanol–water partition coefficient (Wildman–Crippen LogP) is 3.16. The standard InChI is InChI=1S/C28H31FN8O3/c1-17-13-19(5-10-22(17)29)15-30-26(38)23-14-24(32-16-31-23)27(39)33-18(2)20-6-8-21(9-7-20)25-34-35-36-37(25)12-11-28(3,4)40/h5-10,13-14,16,18,40H,11-12,15H2,1-4H3,(H,30,38)(H,33,39)/t18-/m0/s1. The fourth-order valence-corrected chi connectivity index (χ4v) is 3.91. The van der Waals surface area contributed by atoms with Crippen molar-refractivity contribution in [2.75, 3.05) is 0 Å². The lowest BCUT2D eigenvalue weighted by atomic mass is 10.0. The molecular formula is C28H31FN8O3. The van der Waals surface area contributed by atoms with Gasteiger partial charge in [0.05, 0.1) is 11.6 Å². The van der Waals surface area contributed by atoms with Gasteiger partial charge in [0.15, 0.2) is 5.82 Å². The molecule has 0 spiro atoms. The number of nitrogens with zero attached hydrogens (tertiary/aromatic N) is 6. The number of hydrogen-bond donors (Lipinski definition) is 3. The number of aliphatic hydroxyl groups is 1. The second-order valence-corrected chi connectivity index (χ2v) is 10.2. The van der Waals surface area contributed by atoms with Crippen LogP contribution in [0.1, 0.15) is 70.9 Å². The SMILES string of the molecule is Cc1cc(CNC(=O)c2cc(C(=O)N[C@@H](C)c3ccc(-c4nnnn4CCC(C)(C)O)cc3)ncn2)ccc1F. The van der Waals surface area contributed by atoms with Crippen LogP contribution in [0.2, 0.25) is 0 Å². The van der Waals surface area contributed by atoms with Crippen molar-refractivity contribution in [2.45, 2.75) is 58.8 Å². The van der Waals surface area contributed by atoms with E-state index in [-0.39, 0.29) is 29.8 Å². The van der Waals surface area contributed by atoms with Crippen molar-refractivity contribution < 1.29 is 19.1 Å². The molecule has 1 atom stereocenters. The molecule has 0 aliphatic carbocycles. The second-order valence-electron chi connectivity index (χ2n) is 10.2. The van der Waals surface area contributed by atoms with E-state index in [1.807, 2.05) is 31.2 Å². The Morgan fingerprint density at radius 2 is 1.75 bits per heavy atom. The molecule has 2 amide bonds. The summed E-state index contributed by atoms with van der Waals surface area (Å²) in [6, 6.07) is 13.0. The van der Waals surface area contributed by atoms with Gasteiger partial charge in [0.25, 0.3) is 11.8 Å². The van der Waals surface area contributed by atoms with Gasteiger partial charge >= 0.3 is 0 Å². The molecule has 0 aliphatic rings. The minimum Gasteiger partial charge on any atom is -0.390 e. The average Bonchev–Trinajstić information content (AvgIpc) is 3.41. The van der Waals surface area contributed by atoms with Crippen LogP contribution in [0.15, 0.2) is 54.9 Å². The highest BCUT2D eigenvalue weighted by atomic mass is 19.1. The summed E-state index contributed by atoms with van der Waals surface area (Å²) in [6.45, 7) is 7.59. The number of hydrogen-bond acceptors (Lipinski definition) is 8. The van der Waals surface area contributed by atoms with Gasteiger partial charge < -0.3 is 15.7 Å². The number of tetrazole rings is 1. The van der Waals surface area contributed by atoms with Crippen molar-refractivity contribution in [3.8, 4) is 11.4 Å². The molecule has 0 unspecified atom stereocenters. The maximum atomic E-state index is 13.5. The van der Waals surface area contributed by atoms with Crippen LogP contribution in [0.25, 0.3) is 11.4 Å². The first-order chi connectivity index (χ1) is 19.0. The van der Waals surface area contributed by atoms with Crippen molar-refractivity contribution in [1.29, 1.82) is 0 Å². The Bertz CT molecular complexity index is 1500. The number of halogens is 1. The van der Waals surface area contributed by atoms with Gasteiger partial charge in [0.1, 0.15) is 23.5 Å². The van der Waals surface area contributed by atoms with Gasteiger partial charge in [0, 0.05) is 24.7 Å². The minimum atomic E-state index is -0.835. The molecule has 12 heteroatoms. The number of carbonyl (C=O) groups is 2. The van der Waals surface area contributed by atoms with Crippen LogP contribution in [-0.2, 0) is 13.1 Å². The Morgan fingerprint density at radius 3 is 2.42 bits per heavy atom. The van der Waals surface area contributed by atoms with Crippen LogP contribution in [0.3, 0.4) is 0 Å². The molecule has 3 N–H and O–H groups in total. The molecular weight excluding hydrogens is 515 g/mol. The molecule has 208 valence electrons. The van der Waals surface area contributed by atoms with Gasteiger partial charge in [-0.3, -0.25) is 9.59 Å². The van der Waals surface area contributed by atoms with Gasteiger partial charge in [0.2, 0.25) is 0 Å². The number of benzene rings is 2. The Balaban J connectivity index is 1.37. The van der Waals surface area contributed by atoms with Crippen LogP contribution >= 0.6 is 0 Å². The van der Waals surface area contributed by atoms with E-state index in [0.29, 0.717) is 24.4 Å². The summed E-state index contributed by atoms with van der Waals surface area (Å²) in [4.78, 5) is 33.5. The summed E-state index contributed by atoms with van der Waals surface area (Å²) >= 11 is 0. The largest absolute Gasteiger partial charge is 0.390 e. The summed E-state index contributed by atoms with van der Waals surface area (Å²) in [6.07, 6.45) is 1.65. The highest BCUT2D eigenvalue weighted by Gasteiger charge is 2.18. The third-order valence-electron chi connectivity index (χ3n) is 6.29.